The average molecular weight is 306 g/mol. The highest BCUT2D eigenvalue weighted by Gasteiger charge is 1.96. The zero-order valence-electron chi connectivity index (χ0n) is 6.69. The Morgan fingerprint density at radius 3 is 2.64 bits per heavy atom. The molecular weight excluding hydrogens is 292 g/mol. The first-order chi connectivity index (χ1) is 5.27. The second-order valence-corrected chi connectivity index (χ2v) is 6.63. The molecule has 0 aliphatic carbocycles. The summed E-state index contributed by atoms with van der Waals surface area (Å²) in [6, 6.07) is 0. The molecule has 0 amide bonds. The van der Waals surface area contributed by atoms with Gasteiger partial charge in [0.25, 0.3) is 0 Å². The maximum atomic E-state index is 5.30. The van der Waals surface area contributed by atoms with Crippen molar-refractivity contribution < 1.29 is 8.85 Å². The summed E-state index contributed by atoms with van der Waals surface area (Å²) in [6.45, 7) is 3.70. The summed E-state index contributed by atoms with van der Waals surface area (Å²) in [5, 5.41) is 0. The van der Waals surface area contributed by atoms with Crippen molar-refractivity contribution in [3.8, 4) is 0 Å². The molecule has 0 aromatic heterocycles. The molecule has 0 N–H and O–H groups in total. The van der Waals surface area contributed by atoms with E-state index in [1.165, 1.54) is 6.42 Å². The van der Waals surface area contributed by atoms with Crippen LogP contribution < -0.4 is 0 Å². The van der Waals surface area contributed by atoms with Crippen LogP contribution in [0.25, 0.3) is 0 Å². The fourth-order valence-corrected chi connectivity index (χ4v) is 2.34. The minimum absolute atomic E-state index is 0.261. The van der Waals surface area contributed by atoms with Gasteiger partial charge in [-0.1, -0.05) is 45.2 Å². The Balaban J connectivity index is 2.80. The predicted octanol–water partition coefficient (Wildman–Crippen LogP) is 1.93. The summed E-state index contributed by atoms with van der Waals surface area (Å²) in [7, 11) is -0.712. The molecule has 0 fully saturated rings. The third kappa shape index (κ3) is 11.1. The predicted molar refractivity (Wildman–Crippen MR) is 57.0 cm³/mol. The van der Waals surface area contributed by atoms with Gasteiger partial charge in [-0.15, -0.1) is 0 Å². The van der Waals surface area contributed by atoms with Gasteiger partial charge in [0.2, 0.25) is 0 Å². The van der Waals surface area contributed by atoms with Crippen LogP contribution in [-0.4, -0.2) is 27.0 Å². The van der Waals surface area contributed by atoms with Crippen LogP contribution in [0.15, 0.2) is 0 Å². The zero-order chi connectivity index (χ0) is 8.53. The van der Waals surface area contributed by atoms with Gasteiger partial charge in [0.15, 0.2) is 0 Å². The van der Waals surface area contributed by atoms with E-state index in [9.17, 15) is 0 Å². The number of unbranched alkanes of at least 4 members (excludes halogenated alkanes) is 1. The molecule has 68 valence electrons. The van der Waals surface area contributed by atoms with Crippen LogP contribution in [0.1, 0.15) is 19.8 Å². The van der Waals surface area contributed by atoms with E-state index in [0.717, 1.165) is 13.0 Å². The second-order valence-electron chi connectivity index (χ2n) is 2.14. The van der Waals surface area contributed by atoms with Crippen molar-refractivity contribution in [3.05, 3.63) is 0 Å². The number of hydrogen-bond acceptors (Lipinski definition) is 2. The van der Waals surface area contributed by atoms with Gasteiger partial charge >= 0.3 is 10.0 Å². The lowest BCUT2D eigenvalue weighted by molar-refractivity contribution is 0.227. The fraction of sp³-hybridized carbons (Fsp3) is 1.00. The van der Waals surface area contributed by atoms with Crippen molar-refractivity contribution in [1.82, 2.24) is 0 Å². The van der Waals surface area contributed by atoms with Gasteiger partial charge < -0.3 is 8.85 Å². The van der Waals surface area contributed by atoms with Crippen LogP contribution >= 0.6 is 31.9 Å². The van der Waals surface area contributed by atoms with Crippen molar-refractivity contribution in [2.24, 2.45) is 0 Å². The molecule has 2 nitrogen and oxygen atoms in total. The Bertz CT molecular complexity index is 83.0. The van der Waals surface area contributed by atoms with E-state index in [-0.39, 0.29) is 3.74 Å². The topological polar surface area (TPSA) is 18.5 Å². The molecule has 11 heavy (non-hydrogen) atoms. The molecule has 0 radical (unpaired) electrons. The highest BCUT2D eigenvalue weighted by atomic mass is 79.9. The summed E-state index contributed by atoms with van der Waals surface area (Å²) in [6.07, 6.45) is 2.33. The zero-order valence-corrected chi connectivity index (χ0v) is 11.3. The molecular formula is C6H14Br2O2Si. The van der Waals surface area contributed by atoms with Gasteiger partial charge in [-0.25, -0.2) is 0 Å². The Hall–Kier alpha value is 1.10. The van der Waals surface area contributed by atoms with Gasteiger partial charge in [0.05, 0.1) is 10.3 Å². The van der Waals surface area contributed by atoms with Gasteiger partial charge in [-0.2, -0.15) is 0 Å². The molecule has 0 unspecified atom stereocenters. The molecule has 0 atom stereocenters. The van der Waals surface area contributed by atoms with E-state index in [1.807, 2.05) is 0 Å². The SMILES string of the molecule is CCCCO[SiH2]OCC(Br)Br. The summed E-state index contributed by atoms with van der Waals surface area (Å²) in [4.78, 5) is 0. The first-order valence-corrected chi connectivity index (χ1v) is 6.69. The number of hydrogen-bond donors (Lipinski definition) is 0. The van der Waals surface area contributed by atoms with E-state index in [4.69, 9.17) is 8.85 Å². The first-order valence-electron chi connectivity index (χ1n) is 3.71. The number of alkyl halides is 2. The van der Waals surface area contributed by atoms with Crippen molar-refractivity contribution >= 4 is 41.9 Å². The monoisotopic (exact) mass is 304 g/mol. The van der Waals surface area contributed by atoms with Crippen LogP contribution in [0, 0.1) is 0 Å². The molecule has 5 heteroatoms. The molecule has 0 aromatic rings. The number of rotatable bonds is 7. The quantitative estimate of drug-likeness (QED) is 0.406. The summed E-state index contributed by atoms with van der Waals surface area (Å²) in [5.41, 5.74) is 0. The molecule has 0 heterocycles. The Kier molecular flexibility index (Phi) is 10.1. The van der Waals surface area contributed by atoms with E-state index in [0.29, 0.717) is 6.61 Å². The smallest absolute Gasteiger partial charge is 0.304 e. The molecule has 0 aliphatic rings. The van der Waals surface area contributed by atoms with Gasteiger partial charge in [0, 0.05) is 6.61 Å². The second kappa shape index (κ2) is 9.19. The Morgan fingerprint density at radius 1 is 1.36 bits per heavy atom. The van der Waals surface area contributed by atoms with Crippen LogP contribution in [0.5, 0.6) is 0 Å². The third-order valence-electron chi connectivity index (χ3n) is 1.05. The highest BCUT2D eigenvalue weighted by Crippen LogP contribution is 2.06. The van der Waals surface area contributed by atoms with E-state index in [1.54, 1.807) is 0 Å². The van der Waals surface area contributed by atoms with Crippen molar-refractivity contribution in [1.29, 1.82) is 0 Å². The lowest BCUT2D eigenvalue weighted by atomic mass is 10.4. The van der Waals surface area contributed by atoms with Crippen LogP contribution in [-0.2, 0) is 8.85 Å². The van der Waals surface area contributed by atoms with Crippen molar-refractivity contribution in [2.45, 2.75) is 23.5 Å². The van der Waals surface area contributed by atoms with Crippen molar-refractivity contribution in [2.75, 3.05) is 13.2 Å². The van der Waals surface area contributed by atoms with Gasteiger partial charge in [-0.05, 0) is 6.42 Å². The summed E-state index contributed by atoms with van der Waals surface area (Å²) >= 11 is 6.63. The normalized spacial score (nSPS) is 12.0. The third-order valence-corrected chi connectivity index (χ3v) is 2.44. The minimum Gasteiger partial charge on any atom is -0.399 e. The van der Waals surface area contributed by atoms with Crippen molar-refractivity contribution in [3.63, 3.8) is 0 Å². The molecule has 0 spiro atoms. The standard InChI is InChI=1S/C6H14Br2O2Si/c1-2-3-4-9-11-10-5-6(7)8/h6H,2-5,11H2,1H3. The molecule has 0 saturated heterocycles. The molecule has 0 aliphatic heterocycles. The van der Waals surface area contributed by atoms with Crippen LogP contribution in [0.3, 0.4) is 0 Å². The summed E-state index contributed by atoms with van der Waals surface area (Å²) < 4.78 is 10.8. The van der Waals surface area contributed by atoms with E-state index >= 15 is 0 Å². The van der Waals surface area contributed by atoms with E-state index < -0.39 is 10.0 Å². The summed E-state index contributed by atoms with van der Waals surface area (Å²) in [5.74, 6) is 0. The van der Waals surface area contributed by atoms with Crippen LogP contribution in [0.4, 0.5) is 0 Å². The van der Waals surface area contributed by atoms with E-state index in [2.05, 4.69) is 38.8 Å². The Morgan fingerprint density at radius 2 is 2.09 bits per heavy atom. The first kappa shape index (κ1) is 12.1. The molecule has 0 aromatic carbocycles. The lowest BCUT2D eigenvalue weighted by Gasteiger charge is -2.04. The van der Waals surface area contributed by atoms with Crippen LogP contribution in [0.2, 0.25) is 0 Å². The van der Waals surface area contributed by atoms with Gasteiger partial charge in [-0.3, -0.25) is 0 Å². The maximum Gasteiger partial charge on any atom is 0.304 e. The largest absolute Gasteiger partial charge is 0.399 e. The number of halogens is 2. The molecule has 0 bridgehead atoms. The minimum atomic E-state index is -0.712. The maximum absolute atomic E-state index is 5.30. The average Bonchev–Trinajstić information content (AvgIpc) is 1.96. The Labute approximate surface area is 87.3 Å². The molecule has 0 rings (SSSR count). The highest BCUT2D eigenvalue weighted by molar-refractivity contribution is 9.24. The fourth-order valence-electron chi connectivity index (χ4n) is 0.501. The lowest BCUT2D eigenvalue weighted by Crippen LogP contribution is -2.09. The molecule has 0 saturated carbocycles. The van der Waals surface area contributed by atoms with Gasteiger partial charge in [0.1, 0.15) is 0 Å².